The van der Waals surface area contributed by atoms with Crippen molar-refractivity contribution in [3.8, 4) is 6.07 Å². The second-order valence-electron chi connectivity index (χ2n) is 4.55. The lowest BCUT2D eigenvalue weighted by Crippen LogP contribution is -2.41. The van der Waals surface area contributed by atoms with Crippen LogP contribution < -0.4 is 5.32 Å². The van der Waals surface area contributed by atoms with Crippen LogP contribution in [0.15, 0.2) is 0 Å². The van der Waals surface area contributed by atoms with Crippen LogP contribution in [-0.4, -0.2) is 62.2 Å². The summed E-state index contributed by atoms with van der Waals surface area (Å²) in [6, 6.07) is 2.26. The third-order valence-electron chi connectivity index (χ3n) is 3.10. The molecule has 92 valence electrons. The van der Waals surface area contributed by atoms with E-state index in [4.69, 9.17) is 5.26 Å². The van der Waals surface area contributed by atoms with E-state index in [1.165, 1.54) is 25.9 Å². The van der Waals surface area contributed by atoms with Crippen LogP contribution in [0.1, 0.15) is 19.8 Å². The summed E-state index contributed by atoms with van der Waals surface area (Å²) in [6.45, 7) is 8.42. The van der Waals surface area contributed by atoms with Crippen LogP contribution in [0.4, 0.5) is 0 Å². The smallest absolute Gasteiger partial charge is 0.108 e. The van der Waals surface area contributed by atoms with Crippen molar-refractivity contribution in [3.05, 3.63) is 0 Å². The number of nitrogens with zero attached hydrogens (tertiary/aromatic N) is 3. The van der Waals surface area contributed by atoms with E-state index >= 15 is 0 Å². The summed E-state index contributed by atoms with van der Waals surface area (Å²) in [5.74, 6) is 0. The first-order valence-electron chi connectivity index (χ1n) is 6.30. The van der Waals surface area contributed by atoms with Gasteiger partial charge in [0.2, 0.25) is 0 Å². The number of hydrogen-bond donors (Lipinski definition) is 1. The van der Waals surface area contributed by atoms with Gasteiger partial charge in [-0.25, -0.2) is 0 Å². The zero-order valence-electron chi connectivity index (χ0n) is 10.6. The third kappa shape index (κ3) is 4.93. The molecule has 0 radical (unpaired) electrons. The van der Waals surface area contributed by atoms with E-state index in [0.29, 0.717) is 0 Å². The molecule has 1 unspecified atom stereocenters. The van der Waals surface area contributed by atoms with Gasteiger partial charge in [-0.05, 0) is 39.5 Å². The molecule has 16 heavy (non-hydrogen) atoms. The topological polar surface area (TPSA) is 42.3 Å². The SMILES string of the molecule is CCNC(C#N)CN(C)CCN1CCCC1. The summed E-state index contributed by atoms with van der Waals surface area (Å²) >= 11 is 0. The van der Waals surface area contributed by atoms with Crippen LogP contribution in [0.2, 0.25) is 0 Å². The van der Waals surface area contributed by atoms with Gasteiger partial charge in [0.1, 0.15) is 6.04 Å². The Morgan fingerprint density at radius 1 is 1.44 bits per heavy atom. The van der Waals surface area contributed by atoms with Crippen LogP contribution in [0.5, 0.6) is 0 Å². The van der Waals surface area contributed by atoms with Crippen molar-refractivity contribution in [1.82, 2.24) is 15.1 Å². The van der Waals surface area contributed by atoms with E-state index in [0.717, 1.165) is 26.2 Å². The lowest BCUT2D eigenvalue weighted by molar-refractivity contribution is 0.249. The maximum Gasteiger partial charge on any atom is 0.108 e. The molecule has 1 atom stereocenters. The highest BCUT2D eigenvalue weighted by Crippen LogP contribution is 2.06. The Labute approximate surface area is 99.2 Å². The molecule has 0 aromatic carbocycles. The fourth-order valence-corrected chi connectivity index (χ4v) is 2.12. The number of likely N-dealkylation sites (tertiary alicyclic amines) is 1. The van der Waals surface area contributed by atoms with Crippen LogP contribution >= 0.6 is 0 Å². The average molecular weight is 224 g/mol. The number of likely N-dealkylation sites (N-methyl/N-ethyl adjacent to an activating group) is 2. The Hall–Kier alpha value is -0.630. The number of nitriles is 1. The van der Waals surface area contributed by atoms with E-state index in [2.05, 4.69) is 28.2 Å². The standard InChI is InChI=1S/C12H24N4/c1-3-14-12(10-13)11-15(2)8-9-16-6-4-5-7-16/h12,14H,3-9,11H2,1-2H3. The molecule has 1 aliphatic heterocycles. The van der Waals surface area contributed by atoms with Gasteiger partial charge in [0.25, 0.3) is 0 Å². The first-order valence-corrected chi connectivity index (χ1v) is 6.30. The van der Waals surface area contributed by atoms with Crippen molar-refractivity contribution in [2.75, 3.05) is 46.3 Å². The molecule has 1 heterocycles. The van der Waals surface area contributed by atoms with Gasteiger partial charge in [-0.15, -0.1) is 0 Å². The maximum atomic E-state index is 8.94. The van der Waals surface area contributed by atoms with Crippen molar-refractivity contribution in [2.45, 2.75) is 25.8 Å². The highest BCUT2D eigenvalue weighted by Gasteiger charge is 2.13. The van der Waals surface area contributed by atoms with Crippen molar-refractivity contribution in [1.29, 1.82) is 5.26 Å². The lowest BCUT2D eigenvalue weighted by atomic mass is 10.3. The minimum Gasteiger partial charge on any atom is -0.302 e. The van der Waals surface area contributed by atoms with Gasteiger partial charge in [-0.3, -0.25) is 0 Å². The normalized spacial score (nSPS) is 18.9. The lowest BCUT2D eigenvalue weighted by Gasteiger charge is -2.23. The Kier molecular flexibility index (Phi) is 6.39. The molecule has 1 saturated heterocycles. The second kappa shape index (κ2) is 7.61. The van der Waals surface area contributed by atoms with Crippen LogP contribution in [-0.2, 0) is 0 Å². The fraction of sp³-hybridized carbons (Fsp3) is 0.917. The molecule has 0 saturated carbocycles. The molecule has 0 aromatic heterocycles. The Bertz CT molecular complexity index is 218. The minimum atomic E-state index is -0.0337. The summed E-state index contributed by atoms with van der Waals surface area (Å²) in [6.07, 6.45) is 2.70. The van der Waals surface area contributed by atoms with Crippen molar-refractivity contribution in [2.24, 2.45) is 0 Å². The first kappa shape index (κ1) is 13.4. The molecule has 0 amide bonds. The highest BCUT2D eigenvalue weighted by atomic mass is 15.2. The molecule has 4 heteroatoms. The molecule has 0 aromatic rings. The average Bonchev–Trinajstić information content (AvgIpc) is 2.78. The highest BCUT2D eigenvalue weighted by molar-refractivity contribution is 4.91. The molecule has 1 N–H and O–H groups in total. The fourth-order valence-electron chi connectivity index (χ4n) is 2.12. The van der Waals surface area contributed by atoms with Gasteiger partial charge in [0, 0.05) is 19.6 Å². The molecular formula is C12H24N4. The van der Waals surface area contributed by atoms with Crippen LogP contribution in [0.3, 0.4) is 0 Å². The second-order valence-corrected chi connectivity index (χ2v) is 4.55. The van der Waals surface area contributed by atoms with Crippen molar-refractivity contribution in [3.63, 3.8) is 0 Å². The van der Waals surface area contributed by atoms with E-state index in [-0.39, 0.29) is 6.04 Å². The van der Waals surface area contributed by atoms with Crippen molar-refractivity contribution >= 4 is 0 Å². The summed E-state index contributed by atoms with van der Waals surface area (Å²) < 4.78 is 0. The van der Waals surface area contributed by atoms with Gasteiger partial charge in [0.15, 0.2) is 0 Å². The summed E-state index contributed by atoms with van der Waals surface area (Å²) in [7, 11) is 2.09. The Morgan fingerprint density at radius 3 is 2.69 bits per heavy atom. The molecule has 0 spiro atoms. The maximum absolute atomic E-state index is 8.94. The quantitative estimate of drug-likeness (QED) is 0.684. The van der Waals surface area contributed by atoms with Gasteiger partial charge in [-0.2, -0.15) is 5.26 Å². The predicted molar refractivity (Wildman–Crippen MR) is 66.2 cm³/mol. The molecule has 1 fully saturated rings. The largest absolute Gasteiger partial charge is 0.302 e. The Morgan fingerprint density at radius 2 is 2.12 bits per heavy atom. The molecule has 0 bridgehead atoms. The van der Waals surface area contributed by atoms with E-state index < -0.39 is 0 Å². The number of nitrogens with one attached hydrogen (secondary N) is 1. The van der Waals surface area contributed by atoms with Gasteiger partial charge >= 0.3 is 0 Å². The molecular weight excluding hydrogens is 200 g/mol. The minimum absolute atomic E-state index is 0.0337. The predicted octanol–water partition coefficient (Wildman–Crippen LogP) is 0.516. The third-order valence-corrected chi connectivity index (χ3v) is 3.10. The van der Waals surface area contributed by atoms with E-state index in [1.807, 2.05) is 6.92 Å². The van der Waals surface area contributed by atoms with E-state index in [1.54, 1.807) is 0 Å². The number of rotatable bonds is 7. The monoisotopic (exact) mass is 224 g/mol. The molecule has 1 aliphatic rings. The van der Waals surface area contributed by atoms with Gasteiger partial charge < -0.3 is 15.1 Å². The zero-order valence-corrected chi connectivity index (χ0v) is 10.6. The van der Waals surface area contributed by atoms with Crippen LogP contribution in [0.25, 0.3) is 0 Å². The summed E-state index contributed by atoms with van der Waals surface area (Å²) in [4.78, 5) is 4.75. The van der Waals surface area contributed by atoms with Gasteiger partial charge in [0.05, 0.1) is 6.07 Å². The zero-order chi connectivity index (χ0) is 11.8. The van der Waals surface area contributed by atoms with Crippen LogP contribution in [0, 0.1) is 11.3 Å². The first-order chi connectivity index (χ1) is 7.76. The van der Waals surface area contributed by atoms with Crippen molar-refractivity contribution < 1.29 is 0 Å². The van der Waals surface area contributed by atoms with E-state index in [9.17, 15) is 0 Å². The Balaban J connectivity index is 2.13. The number of hydrogen-bond acceptors (Lipinski definition) is 4. The summed E-state index contributed by atoms with van der Waals surface area (Å²) in [5.41, 5.74) is 0. The molecule has 0 aliphatic carbocycles. The molecule has 1 rings (SSSR count). The molecule has 4 nitrogen and oxygen atoms in total. The van der Waals surface area contributed by atoms with Gasteiger partial charge in [-0.1, -0.05) is 6.92 Å². The summed E-state index contributed by atoms with van der Waals surface area (Å²) in [5, 5.41) is 12.1.